The summed E-state index contributed by atoms with van der Waals surface area (Å²) in [6, 6.07) is 10.2. The van der Waals surface area contributed by atoms with Gasteiger partial charge in [-0.1, -0.05) is 15.9 Å². The van der Waals surface area contributed by atoms with Gasteiger partial charge in [0.15, 0.2) is 11.5 Å². The number of hydrogen-bond acceptors (Lipinski definition) is 4. The first-order valence-electron chi connectivity index (χ1n) is 6.48. The highest BCUT2D eigenvalue weighted by atomic mass is 79.9. The number of ether oxygens (including phenoxy) is 1. The highest BCUT2D eigenvalue weighted by molar-refractivity contribution is 9.10. The molecule has 118 valence electrons. The van der Waals surface area contributed by atoms with Crippen molar-refractivity contribution in [2.75, 3.05) is 12.4 Å². The highest BCUT2D eigenvalue weighted by Crippen LogP contribution is 2.14. The summed E-state index contributed by atoms with van der Waals surface area (Å²) in [7, 11) is 1.33. The smallest absolute Gasteiger partial charge is 0.292 e. The van der Waals surface area contributed by atoms with Crippen LogP contribution in [0.1, 0.15) is 10.4 Å². The summed E-state index contributed by atoms with van der Waals surface area (Å²) in [5.41, 5.74) is 0.456. The molecule has 0 saturated heterocycles. The lowest BCUT2D eigenvalue weighted by Crippen LogP contribution is -2.17. The van der Waals surface area contributed by atoms with Gasteiger partial charge in [-0.25, -0.2) is 4.98 Å². The number of carbonyl (C=O) groups is 2. The van der Waals surface area contributed by atoms with Gasteiger partial charge in [0.05, 0.1) is 7.11 Å². The van der Waals surface area contributed by atoms with Gasteiger partial charge in [0.1, 0.15) is 5.82 Å². The van der Waals surface area contributed by atoms with E-state index in [-0.39, 0.29) is 11.5 Å². The van der Waals surface area contributed by atoms with Crippen LogP contribution >= 0.6 is 31.9 Å². The Morgan fingerprint density at radius 3 is 2.30 bits per heavy atom. The highest BCUT2D eigenvalue weighted by Gasteiger charge is 2.14. The standard InChI is InChI=1S/C16H12Br2N2O3/c1-23-14(8-13(21)10-2-4-11(17)5-3-10)16(22)20-15-7-6-12(18)9-19-15/h2-9H,1H3,(H,19,20,22). The number of benzene rings is 1. The van der Waals surface area contributed by atoms with Crippen LogP contribution < -0.4 is 5.32 Å². The van der Waals surface area contributed by atoms with Crippen LogP contribution in [-0.4, -0.2) is 23.8 Å². The van der Waals surface area contributed by atoms with Crippen LogP contribution in [-0.2, 0) is 9.53 Å². The fraction of sp³-hybridized carbons (Fsp3) is 0.0625. The summed E-state index contributed by atoms with van der Waals surface area (Å²) in [6.07, 6.45) is 2.70. The maximum atomic E-state index is 12.2. The van der Waals surface area contributed by atoms with Gasteiger partial charge in [0, 0.05) is 26.8 Å². The second kappa shape index (κ2) is 8.03. The second-order valence-electron chi connectivity index (χ2n) is 4.40. The monoisotopic (exact) mass is 438 g/mol. The van der Waals surface area contributed by atoms with Crippen molar-refractivity contribution in [3.63, 3.8) is 0 Å². The molecule has 23 heavy (non-hydrogen) atoms. The Labute approximate surface area is 150 Å². The summed E-state index contributed by atoms with van der Waals surface area (Å²) in [5, 5.41) is 2.56. The van der Waals surface area contributed by atoms with Crippen molar-refractivity contribution in [2.45, 2.75) is 0 Å². The summed E-state index contributed by atoms with van der Waals surface area (Å²) in [6.45, 7) is 0. The lowest BCUT2D eigenvalue weighted by molar-refractivity contribution is -0.115. The summed E-state index contributed by atoms with van der Waals surface area (Å²) >= 11 is 6.56. The van der Waals surface area contributed by atoms with Crippen LogP contribution in [0, 0.1) is 0 Å². The van der Waals surface area contributed by atoms with Crippen LogP contribution in [0.4, 0.5) is 5.82 Å². The molecule has 1 aromatic carbocycles. The van der Waals surface area contributed by atoms with Crippen molar-refractivity contribution >= 4 is 49.4 Å². The molecule has 0 unspecified atom stereocenters. The number of pyridine rings is 1. The first kappa shape index (κ1) is 17.4. The van der Waals surface area contributed by atoms with Crippen molar-refractivity contribution in [3.8, 4) is 0 Å². The molecular weight excluding hydrogens is 428 g/mol. The average Bonchev–Trinajstić information content (AvgIpc) is 2.55. The van der Waals surface area contributed by atoms with Gasteiger partial charge < -0.3 is 10.1 Å². The molecule has 0 bridgehead atoms. The van der Waals surface area contributed by atoms with Crippen molar-refractivity contribution in [1.82, 2.24) is 4.98 Å². The van der Waals surface area contributed by atoms with Gasteiger partial charge in [0.25, 0.3) is 5.91 Å². The molecule has 0 aliphatic heterocycles. The zero-order chi connectivity index (χ0) is 16.8. The summed E-state index contributed by atoms with van der Waals surface area (Å²) < 4.78 is 6.67. The number of carbonyl (C=O) groups excluding carboxylic acids is 2. The van der Waals surface area contributed by atoms with Crippen LogP contribution in [0.15, 0.2) is 63.4 Å². The number of anilines is 1. The summed E-state index contributed by atoms with van der Waals surface area (Å²) in [4.78, 5) is 28.3. The molecule has 1 heterocycles. The number of halogens is 2. The van der Waals surface area contributed by atoms with E-state index in [0.29, 0.717) is 11.4 Å². The number of hydrogen-bond donors (Lipinski definition) is 1. The van der Waals surface area contributed by atoms with E-state index in [1.807, 2.05) is 0 Å². The maximum absolute atomic E-state index is 12.2. The first-order valence-corrected chi connectivity index (χ1v) is 8.06. The molecule has 2 rings (SSSR count). The zero-order valence-corrected chi connectivity index (χ0v) is 15.2. The molecule has 7 heteroatoms. The fourth-order valence-corrected chi connectivity index (χ4v) is 2.16. The largest absolute Gasteiger partial charge is 0.491 e. The van der Waals surface area contributed by atoms with Gasteiger partial charge >= 0.3 is 0 Å². The topological polar surface area (TPSA) is 68.3 Å². The minimum absolute atomic E-state index is 0.0948. The van der Waals surface area contributed by atoms with E-state index in [1.165, 1.54) is 7.11 Å². The van der Waals surface area contributed by atoms with Crippen molar-refractivity contribution in [1.29, 1.82) is 0 Å². The number of allylic oxidation sites excluding steroid dienone is 1. The Kier molecular flexibility index (Phi) is 6.06. The molecule has 1 N–H and O–H groups in total. The Morgan fingerprint density at radius 2 is 1.74 bits per heavy atom. The van der Waals surface area contributed by atoms with Crippen LogP contribution in [0.5, 0.6) is 0 Å². The molecule has 1 aromatic heterocycles. The first-order chi connectivity index (χ1) is 11.0. The third-order valence-corrected chi connectivity index (χ3v) is 3.80. The Bertz CT molecular complexity index is 741. The minimum atomic E-state index is -0.548. The molecular formula is C16H12Br2N2O3. The normalized spacial score (nSPS) is 11.0. The lowest BCUT2D eigenvalue weighted by atomic mass is 10.1. The maximum Gasteiger partial charge on any atom is 0.292 e. The third-order valence-electron chi connectivity index (χ3n) is 2.80. The second-order valence-corrected chi connectivity index (χ2v) is 6.23. The van der Waals surface area contributed by atoms with Crippen LogP contribution in [0.25, 0.3) is 0 Å². The van der Waals surface area contributed by atoms with Gasteiger partial charge in [-0.3, -0.25) is 9.59 Å². The van der Waals surface area contributed by atoms with Crippen molar-refractivity contribution in [2.24, 2.45) is 0 Å². The quantitative estimate of drug-likeness (QED) is 0.435. The van der Waals surface area contributed by atoms with Gasteiger partial charge in [-0.2, -0.15) is 0 Å². The molecule has 0 radical (unpaired) electrons. The van der Waals surface area contributed by atoms with Crippen LogP contribution in [0.3, 0.4) is 0 Å². The van der Waals surface area contributed by atoms with E-state index >= 15 is 0 Å². The number of ketones is 1. The van der Waals surface area contributed by atoms with E-state index in [9.17, 15) is 9.59 Å². The van der Waals surface area contributed by atoms with Gasteiger partial charge in [-0.05, 0) is 52.3 Å². The van der Waals surface area contributed by atoms with E-state index in [4.69, 9.17) is 4.74 Å². The zero-order valence-electron chi connectivity index (χ0n) is 12.0. The Hall–Kier alpha value is -1.99. The number of amides is 1. The SMILES string of the molecule is COC(=CC(=O)c1ccc(Br)cc1)C(=O)Nc1ccc(Br)cn1. The van der Waals surface area contributed by atoms with E-state index in [1.54, 1.807) is 42.6 Å². The fourth-order valence-electron chi connectivity index (χ4n) is 1.66. The Balaban J connectivity index is 2.13. The molecule has 1 amide bonds. The van der Waals surface area contributed by atoms with Crippen LogP contribution in [0.2, 0.25) is 0 Å². The molecule has 0 aliphatic carbocycles. The minimum Gasteiger partial charge on any atom is -0.491 e. The number of nitrogens with one attached hydrogen (secondary N) is 1. The van der Waals surface area contributed by atoms with Gasteiger partial charge in [0.2, 0.25) is 0 Å². The average molecular weight is 440 g/mol. The molecule has 5 nitrogen and oxygen atoms in total. The summed E-state index contributed by atoms with van der Waals surface area (Å²) in [5.74, 6) is -0.610. The number of aromatic nitrogens is 1. The van der Waals surface area contributed by atoms with E-state index in [2.05, 4.69) is 42.2 Å². The molecule has 0 fully saturated rings. The van der Waals surface area contributed by atoms with Crippen molar-refractivity contribution in [3.05, 3.63) is 68.9 Å². The molecule has 2 aromatic rings. The molecule has 0 aliphatic rings. The molecule has 0 spiro atoms. The van der Waals surface area contributed by atoms with Gasteiger partial charge in [-0.15, -0.1) is 0 Å². The molecule has 0 saturated carbocycles. The predicted octanol–water partition coefficient (Wildman–Crippen LogP) is 3.96. The number of nitrogens with zero attached hydrogens (tertiary/aromatic N) is 1. The van der Waals surface area contributed by atoms with E-state index in [0.717, 1.165) is 15.0 Å². The lowest BCUT2D eigenvalue weighted by Gasteiger charge is -2.07. The van der Waals surface area contributed by atoms with Crippen molar-refractivity contribution < 1.29 is 14.3 Å². The Morgan fingerprint density at radius 1 is 1.09 bits per heavy atom. The molecule has 0 atom stereocenters. The number of rotatable bonds is 5. The number of methoxy groups -OCH3 is 1. The third kappa shape index (κ3) is 5.01. The van der Waals surface area contributed by atoms with E-state index < -0.39 is 5.91 Å². The predicted molar refractivity (Wildman–Crippen MR) is 94.1 cm³/mol.